The van der Waals surface area contributed by atoms with Crippen LogP contribution in [0.25, 0.3) is 0 Å². The summed E-state index contributed by atoms with van der Waals surface area (Å²) in [6, 6.07) is 24.5. The smallest absolute Gasteiger partial charge is 0.225 e. The van der Waals surface area contributed by atoms with Crippen molar-refractivity contribution in [1.29, 1.82) is 0 Å². The molecule has 0 aliphatic heterocycles. The third-order valence-corrected chi connectivity index (χ3v) is 4.71. The molecule has 0 atom stereocenters. The molecule has 0 aliphatic rings. The van der Waals surface area contributed by atoms with E-state index in [0.717, 1.165) is 11.5 Å². The second-order valence-corrected chi connectivity index (χ2v) is 7.08. The summed E-state index contributed by atoms with van der Waals surface area (Å²) in [5, 5.41) is 2.97. The molecule has 0 radical (unpaired) electrons. The quantitative estimate of drug-likeness (QED) is 0.359. The van der Waals surface area contributed by atoms with Crippen molar-refractivity contribution in [1.82, 2.24) is 4.90 Å². The largest absolute Gasteiger partial charge is 0.468 e. The lowest BCUT2D eigenvalue weighted by atomic mass is 10.2. The lowest BCUT2D eigenvalue weighted by molar-refractivity contribution is -0.116. The summed E-state index contributed by atoms with van der Waals surface area (Å²) in [6.07, 6.45) is 3.62. The van der Waals surface area contributed by atoms with E-state index in [1.165, 1.54) is 0 Å². The van der Waals surface area contributed by atoms with E-state index in [-0.39, 0.29) is 5.91 Å². The maximum Gasteiger partial charge on any atom is 0.225 e. The van der Waals surface area contributed by atoms with Crippen molar-refractivity contribution in [2.75, 3.05) is 11.9 Å². The van der Waals surface area contributed by atoms with Crippen molar-refractivity contribution in [3.05, 3.63) is 103 Å². The molecule has 31 heavy (non-hydrogen) atoms. The molecule has 1 N–H and O–H groups in total. The number of nitrogens with one attached hydrogen (secondary N) is 1. The SMILES string of the molecule is O=C(CCN(Cc1ccco1)Cc1ccco1)Nc1ccccc1Oc1ccccc1. The van der Waals surface area contributed by atoms with Crippen LogP contribution in [0.5, 0.6) is 11.5 Å². The molecule has 1 amide bonds. The zero-order chi connectivity index (χ0) is 21.3. The zero-order valence-corrected chi connectivity index (χ0v) is 17.1. The number of furan rings is 2. The predicted molar refractivity (Wildman–Crippen MR) is 118 cm³/mol. The Morgan fingerprint density at radius 1 is 0.806 bits per heavy atom. The van der Waals surface area contributed by atoms with Crippen LogP contribution in [0.3, 0.4) is 0 Å². The maximum absolute atomic E-state index is 12.7. The average Bonchev–Trinajstić information content (AvgIpc) is 3.49. The first-order chi connectivity index (χ1) is 15.3. The molecule has 0 bridgehead atoms. The van der Waals surface area contributed by atoms with Gasteiger partial charge in [0, 0.05) is 13.0 Å². The van der Waals surface area contributed by atoms with Crippen molar-refractivity contribution < 1.29 is 18.4 Å². The number of ether oxygens (including phenoxy) is 1. The molecular weight excluding hydrogens is 392 g/mol. The molecule has 6 nitrogen and oxygen atoms in total. The lowest BCUT2D eigenvalue weighted by Crippen LogP contribution is -2.27. The normalized spacial score (nSPS) is 10.9. The second-order valence-electron chi connectivity index (χ2n) is 7.08. The summed E-state index contributed by atoms with van der Waals surface area (Å²) in [5.74, 6) is 2.91. The summed E-state index contributed by atoms with van der Waals surface area (Å²) in [7, 11) is 0. The standard InChI is InChI=1S/C25H24N2O4/c28-25(26-23-12-4-5-13-24(23)31-20-8-2-1-3-9-20)14-15-27(18-21-10-6-16-29-21)19-22-11-7-17-30-22/h1-13,16-17H,14-15,18-19H2,(H,26,28). The molecule has 158 valence electrons. The molecule has 0 unspecified atom stereocenters. The van der Waals surface area contributed by atoms with E-state index in [9.17, 15) is 4.79 Å². The number of anilines is 1. The van der Waals surface area contributed by atoms with E-state index in [2.05, 4.69) is 10.2 Å². The van der Waals surface area contributed by atoms with Gasteiger partial charge in [-0.2, -0.15) is 0 Å². The topological polar surface area (TPSA) is 67.9 Å². The molecule has 0 saturated carbocycles. The third kappa shape index (κ3) is 6.10. The molecule has 0 spiro atoms. The Bertz CT molecular complexity index is 1020. The summed E-state index contributed by atoms with van der Waals surface area (Å²) in [4.78, 5) is 14.8. The molecule has 2 aromatic heterocycles. The summed E-state index contributed by atoms with van der Waals surface area (Å²) in [5.41, 5.74) is 0.639. The predicted octanol–water partition coefficient (Wildman–Crippen LogP) is 5.70. The lowest BCUT2D eigenvalue weighted by Gasteiger charge is -2.20. The van der Waals surface area contributed by atoms with Gasteiger partial charge in [-0.1, -0.05) is 30.3 Å². The fourth-order valence-electron chi connectivity index (χ4n) is 3.21. The van der Waals surface area contributed by atoms with Gasteiger partial charge in [-0.3, -0.25) is 9.69 Å². The van der Waals surface area contributed by atoms with Crippen LogP contribution in [0.1, 0.15) is 17.9 Å². The van der Waals surface area contributed by atoms with Gasteiger partial charge in [0.2, 0.25) is 5.91 Å². The van der Waals surface area contributed by atoms with Crippen LogP contribution in [0.4, 0.5) is 5.69 Å². The van der Waals surface area contributed by atoms with E-state index in [1.807, 2.05) is 78.9 Å². The van der Waals surface area contributed by atoms with Gasteiger partial charge in [-0.15, -0.1) is 0 Å². The van der Waals surface area contributed by atoms with Crippen LogP contribution >= 0.6 is 0 Å². The maximum atomic E-state index is 12.7. The Morgan fingerprint density at radius 2 is 1.45 bits per heavy atom. The van der Waals surface area contributed by atoms with Crippen LogP contribution in [-0.4, -0.2) is 17.4 Å². The molecular formula is C25H24N2O4. The molecule has 0 saturated heterocycles. The first-order valence-electron chi connectivity index (χ1n) is 10.2. The van der Waals surface area contributed by atoms with Crippen LogP contribution in [0.15, 0.2) is 100 Å². The van der Waals surface area contributed by atoms with Gasteiger partial charge in [0.25, 0.3) is 0 Å². The van der Waals surface area contributed by atoms with Crippen LogP contribution < -0.4 is 10.1 Å². The van der Waals surface area contributed by atoms with Crippen LogP contribution in [0.2, 0.25) is 0 Å². The number of benzene rings is 2. The number of carbonyl (C=O) groups excluding carboxylic acids is 1. The Balaban J connectivity index is 1.37. The highest BCUT2D eigenvalue weighted by Crippen LogP contribution is 2.29. The fourth-order valence-corrected chi connectivity index (χ4v) is 3.21. The van der Waals surface area contributed by atoms with Crippen molar-refractivity contribution >= 4 is 11.6 Å². The molecule has 0 fully saturated rings. The van der Waals surface area contributed by atoms with Gasteiger partial charge in [0.05, 0.1) is 31.3 Å². The molecule has 6 heteroatoms. The van der Waals surface area contributed by atoms with Gasteiger partial charge in [-0.25, -0.2) is 0 Å². The summed E-state index contributed by atoms with van der Waals surface area (Å²) in [6.45, 7) is 1.73. The monoisotopic (exact) mass is 416 g/mol. The van der Waals surface area contributed by atoms with E-state index >= 15 is 0 Å². The van der Waals surface area contributed by atoms with E-state index in [4.69, 9.17) is 13.6 Å². The number of para-hydroxylation sites is 3. The van der Waals surface area contributed by atoms with Gasteiger partial charge in [0.15, 0.2) is 5.75 Å². The minimum Gasteiger partial charge on any atom is -0.468 e. The van der Waals surface area contributed by atoms with Gasteiger partial charge < -0.3 is 18.9 Å². The summed E-state index contributed by atoms with van der Waals surface area (Å²) < 4.78 is 16.9. The second kappa shape index (κ2) is 10.3. The molecule has 2 heterocycles. The Morgan fingerprint density at radius 3 is 2.10 bits per heavy atom. The Labute approximate surface area is 181 Å². The molecule has 4 rings (SSSR count). The average molecular weight is 416 g/mol. The van der Waals surface area contributed by atoms with Crippen molar-refractivity contribution in [2.45, 2.75) is 19.5 Å². The van der Waals surface area contributed by atoms with Crippen LogP contribution in [0, 0.1) is 0 Å². The van der Waals surface area contributed by atoms with E-state index in [1.54, 1.807) is 12.5 Å². The van der Waals surface area contributed by atoms with Crippen molar-refractivity contribution in [2.24, 2.45) is 0 Å². The number of hydrogen-bond acceptors (Lipinski definition) is 5. The zero-order valence-electron chi connectivity index (χ0n) is 17.1. The Hall–Kier alpha value is -3.77. The van der Waals surface area contributed by atoms with Gasteiger partial charge in [0.1, 0.15) is 17.3 Å². The molecule has 0 aliphatic carbocycles. The van der Waals surface area contributed by atoms with Crippen molar-refractivity contribution in [3.63, 3.8) is 0 Å². The highest BCUT2D eigenvalue weighted by atomic mass is 16.5. The van der Waals surface area contributed by atoms with E-state index < -0.39 is 0 Å². The Kier molecular flexibility index (Phi) is 6.82. The minimum absolute atomic E-state index is 0.0898. The third-order valence-electron chi connectivity index (χ3n) is 4.71. The molecule has 4 aromatic rings. The minimum atomic E-state index is -0.0898. The van der Waals surface area contributed by atoms with Crippen molar-refractivity contribution in [3.8, 4) is 11.5 Å². The fraction of sp³-hybridized carbons (Fsp3) is 0.160. The number of nitrogens with zero attached hydrogens (tertiary/aromatic N) is 1. The highest BCUT2D eigenvalue weighted by molar-refractivity contribution is 5.92. The number of amides is 1. The van der Waals surface area contributed by atoms with Crippen LogP contribution in [-0.2, 0) is 17.9 Å². The first-order valence-corrected chi connectivity index (χ1v) is 10.2. The number of hydrogen-bond donors (Lipinski definition) is 1. The first kappa shape index (κ1) is 20.5. The highest BCUT2D eigenvalue weighted by Gasteiger charge is 2.14. The number of carbonyl (C=O) groups is 1. The summed E-state index contributed by atoms with van der Waals surface area (Å²) >= 11 is 0. The van der Waals surface area contributed by atoms with Gasteiger partial charge in [-0.05, 0) is 48.5 Å². The van der Waals surface area contributed by atoms with E-state index in [0.29, 0.717) is 43.2 Å². The number of rotatable bonds is 10. The molecule has 2 aromatic carbocycles. The van der Waals surface area contributed by atoms with Gasteiger partial charge >= 0.3 is 0 Å².